The largest absolute Gasteiger partial charge is 0.480 e. The van der Waals surface area contributed by atoms with Crippen LogP contribution >= 0.6 is 11.6 Å². The fourth-order valence-electron chi connectivity index (χ4n) is 2.04. The van der Waals surface area contributed by atoms with Crippen molar-refractivity contribution in [1.29, 1.82) is 0 Å². The average Bonchev–Trinajstić information content (AvgIpc) is 2.60. The summed E-state index contributed by atoms with van der Waals surface area (Å²) in [6, 6.07) is 9.81. The molecule has 0 radical (unpaired) electrons. The number of carbonyl (C=O) groups excluding carboxylic acids is 2. The van der Waals surface area contributed by atoms with Gasteiger partial charge in [-0.15, -0.1) is 0 Å². The number of aliphatic carboxylic acids is 1. The summed E-state index contributed by atoms with van der Waals surface area (Å²) in [5.41, 5.74) is 1.63. The molecule has 25 heavy (non-hydrogen) atoms. The van der Waals surface area contributed by atoms with Gasteiger partial charge in [-0.25, -0.2) is 4.98 Å². The molecule has 0 aliphatic carbocycles. The molecule has 3 N–H and O–H groups in total. The fraction of sp³-hybridized carbons (Fsp3) is 0.176. The molecular weight excluding hydrogens is 346 g/mol. The van der Waals surface area contributed by atoms with Crippen molar-refractivity contribution in [1.82, 2.24) is 10.3 Å². The summed E-state index contributed by atoms with van der Waals surface area (Å²) in [6.45, 7) is 1.25. The minimum absolute atomic E-state index is 0.302. The summed E-state index contributed by atoms with van der Waals surface area (Å²) in [5, 5.41) is 13.9. The molecule has 0 fully saturated rings. The molecule has 0 spiro atoms. The van der Waals surface area contributed by atoms with E-state index in [-0.39, 0.29) is 11.8 Å². The van der Waals surface area contributed by atoms with Gasteiger partial charge >= 0.3 is 5.97 Å². The summed E-state index contributed by atoms with van der Waals surface area (Å²) < 4.78 is 0. The van der Waals surface area contributed by atoms with Crippen LogP contribution in [0.25, 0.3) is 0 Å². The Balaban J connectivity index is 1.99. The van der Waals surface area contributed by atoms with Gasteiger partial charge in [-0.1, -0.05) is 23.7 Å². The zero-order chi connectivity index (χ0) is 18.4. The minimum Gasteiger partial charge on any atom is -0.480 e. The zero-order valence-corrected chi connectivity index (χ0v) is 14.1. The van der Waals surface area contributed by atoms with Crippen molar-refractivity contribution in [3.05, 3.63) is 58.9 Å². The Morgan fingerprint density at radius 2 is 1.84 bits per heavy atom. The molecule has 2 aromatic rings. The topological polar surface area (TPSA) is 108 Å². The number of halogens is 1. The van der Waals surface area contributed by atoms with Gasteiger partial charge in [0.1, 0.15) is 11.7 Å². The number of pyridine rings is 1. The molecule has 0 aliphatic rings. The first-order valence-electron chi connectivity index (χ1n) is 7.39. The van der Waals surface area contributed by atoms with E-state index in [0.717, 1.165) is 0 Å². The van der Waals surface area contributed by atoms with E-state index < -0.39 is 18.4 Å². The van der Waals surface area contributed by atoms with Crippen molar-refractivity contribution in [3.8, 4) is 0 Å². The Hall–Kier alpha value is -2.93. The molecule has 7 nitrogen and oxygen atoms in total. The number of carboxylic acid groups (broad SMARTS) is 1. The molecular formula is C17H16ClN3O4. The molecule has 1 aromatic carbocycles. The molecule has 0 aliphatic heterocycles. The van der Waals surface area contributed by atoms with E-state index in [0.29, 0.717) is 22.0 Å². The predicted octanol–water partition coefficient (Wildman–Crippen LogP) is 2.29. The van der Waals surface area contributed by atoms with Gasteiger partial charge in [0, 0.05) is 11.9 Å². The zero-order valence-electron chi connectivity index (χ0n) is 13.3. The van der Waals surface area contributed by atoms with Crippen molar-refractivity contribution in [3.63, 3.8) is 0 Å². The number of carbonyl (C=O) groups is 3. The number of hydrogen-bond donors (Lipinski definition) is 3. The molecule has 130 valence electrons. The van der Waals surface area contributed by atoms with Crippen LogP contribution in [0.5, 0.6) is 0 Å². The maximum atomic E-state index is 12.1. The molecule has 0 saturated carbocycles. The van der Waals surface area contributed by atoms with Crippen LogP contribution in [0.1, 0.15) is 28.8 Å². The number of aromatic nitrogens is 1. The van der Waals surface area contributed by atoms with E-state index in [1.165, 1.54) is 12.3 Å². The quantitative estimate of drug-likeness (QED) is 0.684. The monoisotopic (exact) mass is 361 g/mol. The molecule has 1 heterocycles. The molecule has 0 saturated heterocycles. The summed E-state index contributed by atoms with van der Waals surface area (Å²) in [6.07, 6.45) is 1.38. The van der Waals surface area contributed by atoms with Gasteiger partial charge in [-0.3, -0.25) is 14.4 Å². The van der Waals surface area contributed by atoms with Crippen molar-refractivity contribution in [2.75, 3.05) is 11.9 Å². The molecule has 8 heteroatoms. The van der Waals surface area contributed by atoms with Gasteiger partial charge in [0.2, 0.25) is 5.91 Å². The van der Waals surface area contributed by atoms with Gasteiger partial charge in [0.05, 0.1) is 11.5 Å². The van der Waals surface area contributed by atoms with Crippen molar-refractivity contribution in [2.24, 2.45) is 0 Å². The van der Waals surface area contributed by atoms with Gasteiger partial charge in [-0.05, 0) is 36.8 Å². The van der Waals surface area contributed by atoms with Gasteiger partial charge in [0.25, 0.3) is 5.91 Å². The first-order valence-corrected chi connectivity index (χ1v) is 7.77. The second-order valence-corrected chi connectivity index (χ2v) is 5.67. The average molecular weight is 362 g/mol. The van der Waals surface area contributed by atoms with Gasteiger partial charge in [0.15, 0.2) is 0 Å². The molecule has 0 bridgehead atoms. The SMILES string of the molecule is CC(C(=O)NCC(=O)O)c1ccc(NC(=O)c2ccc(Cl)nc2)cc1. The van der Waals surface area contributed by atoms with Crippen LogP contribution in [-0.4, -0.2) is 34.4 Å². The van der Waals surface area contributed by atoms with Gasteiger partial charge in [-0.2, -0.15) is 0 Å². The summed E-state index contributed by atoms with van der Waals surface area (Å²) in [7, 11) is 0. The number of nitrogens with one attached hydrogen (secondary N) is 2. The Labute approximate surface area is 149 Å². The Morgan fingerprint density at radius 1 is 1.16 bits per heavy atom. The van der Waals surface area contributed by atoms with Crippen molar-refractivity contribution >= 4 is 35.1 Å². The number of benzene rings is 1. The van der Waals surface area contributed by atoms with Crippen LogP contribution < -0.4 is 10.6 Å². The van der Waals surface area contributed by atoms with Crippen LogP contribution in [0, 0.1) is 0 Å². The van der Waals surface area contributed by atoms with E-state index >= 15 is 0 Å². The third-order valence-corrected chi connectivity index (χ3v) is 3.69. The Kier molecular flexibility index (Phi) is 6.08. The van der Waals surface area contributed by atoms with E-state index in [1.54, 1.807) is 37.3 Å². The number of anilines is 1. The predicted molar refractivity (Wildman–Crippen MR) is 92.7 cm³/mol. The van der Waals surface area contributed by atoms with Crippen LogP contribution in [-0.2, 0) is 9.59 Å². The number of rotatable bonds is 6. The number of carboxylic acids is 1. The second-order valence-electron chi connectivity index (χ2n) is 5.28. The highest BCUT2D eigenvalue weighted by Crippen LogP contribution is 2.19. The van der Waals surface area contributed by atoms with E-state index in [2.05, 4.69) is 15.6 Å². The molecule has 1 aromatic heterocycles. The highest BCUT2D eigenvalue weighted by atomic mass is 35.5. The number of hydrogen-bond acceptors (Lipinski definition) is 4. The maximum Gasteiger partial charge on any atom is 0.322 e. The lowest BCUT2D eigenvalue weighted by atomic mass is 10.00. The molecule has 2 rings (SSSR count). The number of nitrogens with zero attached hydrogens (tertiary/aromatic N) is 1. The summed E-state index contributed by atoms with van der Waals surface area (Å²) in [5.74, 6) is -2.32. The number of amides is 2. The van der Waals surface area contributed by atoms with E-state index in [1.807, 2.05) is 0 Å². The smallest absolute Gasteiger partial charge is 0.322 e. The molecule has 2 amide bonds. The lowest BCUT2D eigenvalue weighted by Gasteiger charge is -2.12. The van der Waals surface area contributed by atoms with Crippen LogP contribution in [0.2, 0.25) is 5.15 Å². The lowest BCUT2D eigenvalue weighted by Crippen LogP contribution is -2.32. The highest BCUT2D eigenvalue weighted by molar-refractivity contribution is 6.29. The highest BCUT2D eigenvalue weighted by Gasteiger charge is 2.16. The first-order chi connectivity index (χ1) is 11.9. The summed E-state index contributed by atoms with van der Waals surface area (Å²) >= 11 is 5.68. The first kappa shape index (κ1) is 18.4. The van der Waals surface area contributed by atoms with Crippen LogP contribution in [0.15, 0.2) is 42.6 Å². The molecule has 1 atom stereocenters. The fourth-order valence-corrected chi connectivity index (χ4v) is 2.15. The normalized spacial score (nSPS) is 11.4. The minimum atomic E-state index is -1.10. The van der Waals surface area contributed by atoms with Crippen molar-refractivity contribution < 1.29 is 19.5 Å². The van der Waals surface area contributed by atoms with E-state index in [9.17, 15) is 14.4 Å². The standard InChI is InChI=1S/C17H16ClN3O4/c1-10(16(24)20-9-15(22)23)11-2-5-13(6-3-11)21-17(25)12-4-7-14(18)19-8-12/h2-8,10H,9H2,1H3,(H,20,24)(H,21,25)(H,22,23). The third-order valence-electron chi connectivity index (χ3n) is 3.47. The Bertz CT molecular complexity index is 775. The second kappa shape index (κ2) is 8.25. The third kappa shape index (κ3) is 5.29. The molecule has 1 unspecified atom stereocenters. The van der Waals surface area contributed by atoms with Crippen LogP contribution in [0.4, 0.5) is 5.69 Å². The summed E-state index contributed by atoms with van der Waals surface area (Å²) in [4.78, 5) is 38.3. The maximum absolute atomic E-state index is 12.1. The van der Waals surface area contributed by atoms with Gasteiger partial charge < -0.3 is 15.7 Å². The van der Waals surface area contributed by atoms with E-state index in [4.69, 9.17) is 16.7 Å². The lowest BCUT2D eigenvalue weighted by molar-refractivity contribution is -0.138. The van der Waals surface area contributed by atoms with Crippen molar-refractivity contribution in [2.45, 2.75) is 12.8 Å². The Morgan fingerprint density at radius 3 is 2.40 bits per heavy atom. The van der Waals surface area contributed by atoms with Crippen LogP contribution in [0.3, 0.4) is 0 Å².